The zero-order valence-electron chi connectivity index (χ0n) is 21.7. The van der Waals surface area contributed by atoms with Crippen LogP contribution in [0.3, 0.4) is 0 Å². The number of aromatic nitrogens is 2. The summed E-state index contributed by atoms with van der Waals surface area (Å²) in [6.45, 7) is 0. The van der Waals surface area contributed by atoms with Gasteiger partial charge in [-0.15, -0.1) is 0 Å². The SMILES string of the molecule is O=c1n(-c2ccccc2)c2ccccc2n1-c1ccc(-c2c3ccccc3cc3c2ccc2ccccc23)cc1. The average Bonchev–Trinajstić information content (AvgIpc) is 3.32. The fourth-order valence-electron chi connectivity index (χ4n) is 6.13. The molecule has 1 aromatic heterocycles. The van der Waals surface area contributed by atoms with E-state index < -0.39 is 0 Å². The maximum absolute atomic E-state index is 13.8. The van der Waals surface area contributed by atoms with Gasteiger partial charge in [-0.2, -0.15) is 0 Å². The smallest absolute Gasteiger partial charge is 0.260 e. The van der Waals surface area contributed by atoms with Crippen LogP contribution < -0.4 is 5.69 Å². The van der Waals surface area contributed by atoms with E-state index in [1.807, 2.05) is 54.6 Å². The largest absolute Gasteiger partial charge is 0.338 e. The molecule has 0 radical (unpaired) electrons. The van der Waals surface area contributed by atoms with E-state index in [2.05, 4.69) is 91.0 Å². The van der Waals surface area contributed by atoms with E-state index >= 15 is 0 Å². The van der Waals surface area contributed by atoms with Crippen LogP contribution in [0.4, 0.5) is 0 Å². The van der Waals surface area contributed by atoms with Crippen molar-refractivity contribution >= 4 is 43.4 Å². The summed E-state index contributed by atoms with van der Waals surface area (Å²) in [6, 6.07) is 50.1. The molecule has 0 amide bonds. The van der Waals surface area contributed by atoms with Crippen molar-refractivity contribution in [3.63, 3.8) is 0 Å². The summed E-state index contributed by atoms with van der Waals surface area (Å²) >= 11 is 0. The zero-order chi connectivity index (χ0) is 26.6. The van der Waals surface area contributed by atoms with Crippen molar-refractivity contribution in [1.29, 1.82) is 0 Å². The summed E-state index contributed by atoms with van der Waals surface area (Å²) < 4.78 is 3.59. The minimum Gasteiger partial charge on any atom is -0.260 e. The van der Waals surface area contributed by atoms with Crippen LogP contribution in [0.25, 0.3) is 65.9 Å². The van der Waals surface area contributed by atoms with Crippen molar-refractivity contribution in [2.24, 2.45) is 0 Å². The van der Waals surface area contributed by atoms with Gasteiger partial charge in [-0.1, -0.05) is 103 Å². The van der Waals surface area contributed by atoms with Crippen molar-refractivity contribution in [2.75, 3.05) is 0 Å². The number of nitrogens with zero attached hydrogens (tertiary/aromatic N) is 2. The Morgan fingerprint density at radius 2 is 0.975 bits per heavy atom. The highest BCUT2D eigenvalue weighted by atomic mass is 16.1. The number of fused-ring (bicyclic) bond motifs is 5. The van der Waals surface area contributed by atoms with Crippen molar-refractivity contribution in [2.45, 2.75) is 0 Å². The quantitative estimate of drug-likeness (QED) is 0.171. The first-order valence-electron chi connectivity index (χ1n) is 13.5. The lowest BCUT2D eigenvalue weighted by molar-refractivity contribution is 0.931. The molecular weight excluding hydrogens is 488 g/mol. The number of hydrogen-bond acceptors (Lipinski definition) is 1. The molecular formula is C37H24N2O. The molecule has 0 aliphatic carbocycles. The second-order valence-electron chi connectivity index (χ2n) is 10.2. The number of para-hydroxylation sites is 3. The van der Waals surface area contributed by atoms with E-state index in [9.17, 15) is 4.79 Å². The Kier molecular flexibility index (Phi) is 4.98. The monoisotopic (exact) mass is 512 g/mol. The predicted octanol–water partition coefficient (Wildman–Crippen LogP) is 8.91. The molecule has 0 saturated carbocycles. The van der Waals surface area contributed by atoms with Crippen LogP contribution >= 0.6 is 0 Å². The normalized spacial score (nSPS) is 11.6. The Morgan fingerprint density at radius 3 is 1.70 bits per heavy atom. The fourth-order valence-corrected chi connectivity index (χ4v) is 6.13. The third-order valence-electron chi connectivity index (χ3n) is 7.94. The molecule has 0 aliphatic rings. The van der Waals surface area contributed by atoms with E-state index in [-0.39, 0.29) is 5.69 Å². The third-order valence-corrected chi connectivity index (χ3v) is 7.94. The van der Waals surface area contributed by atoms with Gasteiger partial charge in [0.25, 0.3) is 0 Å². The van der Waals surface area contributed by atoms with E-state index in [1.54, 1.807) is 9.13 Å². The second kappa shape index (κ2) is 8.82. The summed E-state index contributed by atoms with van der Waals surface area (Å²) in [5, 5.41) is 7.40. The first-order chi connectivity index (χ1) is 19.8. The van der Waals surface area contributed by atoms with Crippen LogP contribution in [0.2, 0.25) is 0 Å². The summed E-state index contributed by atoms with van der Waals surface area (Å²) in [5.74, 6) is 0. The fraction of sp³-hybridized carbons (Fsp3) is 0. The van der Waals surface area contributed by atoms with Crippen molar-refractivity contribution in [1.82, 2.24) is 9.13 Å². The molecule has 0 atom stereocenters. The molecule has 8 aromatic rings. The van der Waals surface area contributed by atoms with E-state index in [1.165, 1.54) is 37.9 Å². The highest BCUT2D eigenvalue weighted by Gasteiger charge is 2.17. The standard InChI is InChI=1S/C37H24N2O/c40-37-38(28-12-2-1-3-13-28)34-16-8-9-17-35(34)39(37)29-21-18-26(19-22-29)36-31-15-7-5-11-27(31)24-33-30-14-6-4-10-25(30)20-23-32(33)36/h1-24H. The highest BCUT2D eigenvalue weighted by Crippen LogP contribution is 2.39. The Labute approximate surface area is 230 Å². The van der Waals surface area contributed by atoms with Gasteiger partial charge in [-0.05, 0) is 85.9 Å². The average molecular weight is 513 g/mol. The molecule has 3 nitrogen and oxygen atoms in total. The summed E-state index contributed by atoms with van der Waals surface area (Å²) in [6.07, 6.45) is 0. The van der Waals surface area contributed by atoms with Gasteiger partial charge in [0, 0.05) is 0 Å². The van der Waals surface area contributed by atoms with Crippen LogP contribution in [0.15, 0.2) is 150 Å². The molecule has 3 heteroatoms. The van der Waals surface area contributed by atoms with Crippen molar-refractivity contribution in [3.8, 4) is 22.5 Å². The molecule has 188 valence electrons. The van der Waals surface area contributed by atoms with Gasteiger partial charge in [0.15, 0.2) is 0 Å². The Hall–Kier alpha value is -5.41. The first-order valence-corrected chi connectivity index (χ1v) is 13.5. The first kappa shape index (κ1) is 22.6. The lowest BCUT2D eigenvalue weighted by atomic mass is 9.90. The van der Waals surface area contributed by atoms with Crippen LogP contribution in [0.5, 0.6) is 0 Å². The van der Waals surface area contributed by atoms with Gasteiger partial charge < -0.3 is 0 Å². The number of imidazole rings is 1. The third kappa shape index (κ3) is 3.35. The van der Waals surface area contributed by atoms with Gasteiger partial charge >= 0.3 is 5.69 Å². The minimum atomic E-state index is -0.0813. The lowest BCUT2D eigenvalue weighted by Gasteiger charge is -2.14. The van der Waals surface area contributed by atoms with Crippen LogP contribution in [-0.4, -0.2) is 9.13 Å². The summed E-state index contributed by atoms with van der Waals surface area (Å²) in [5.41, 5.74) is 5.72. The number of hydrogen-bond donors (Lipinski definition) is 0. The molecule has 8 rings (SSSR count). The van der Waals surface area contributed by atoms with Crippen LogP contribution in [0, 0.1) is 0 Å². The van der Waals surface area contributed by atoms with Gasteiger partial charge in [0.1, 0.15) is 0 Å². The van der Waals surface area contributed by atoms with E-state index in [0.29, 0.717) is 0 Å². The van der Waals surface area contributed by atoms with Gasteiger partial charge in [0.05, 0.1) is 22.4 Å². The van der Waals surface area contributed by atoms with Crippen LogP contribution in [0.1, 0.15) is 0 Å². The second-order valence-corrected chi connectivity index (χ2v) is 10.2. The van der Waals surface area contributed by atoms with Crippen molar-refractivity contribution in [3.05, 3.63) is 156 Å². The zero-order valence-corrected chi connectivity index (χ0v) is 21.7. The number of benzene rings is 7. The van der Waals surface area contributed by atoms with Gasteiger partial charge in [-0.3, -0.25) is 9.13 Å². The molecule has 0 spiro atoms. The summed E-state index contributed by atoms with van der Waals surface area (Å²) in [7, 11) is 0. The minimum absolute atomic E-state index is 0.0813. The predicted molar refractivity (Wildman–Crippen MR) is 167 cm³/mol. The number of rotatable bonds is 3. The van der Waals surface area contributed by atoms with E-state index in [0.717, 1.165) is 28.0 Å². The maximum atomic E-state index is 13.8. The summed E-state index contributed by atoms with van der Waals surface area (Å²) in [4.78, 5) is 13.8. The molecule has 0 fully saturated rings. The molecule has 0 unspecified atom stereocenters. The van der Waals surface area contributed by atoms with Gasteiger partial charge in [-0.25, -0.2) is 4.79 Å². The van der Waals surface area contributed by atoms with E-state index in [4.69, 9.17) is 0 Å². The molecule has 0 saturated heterocycles. The molecule has 1 heterocycles. The molecule has 0 aliphatic heterocycles. The van der Waals surface area contributed by atoms with Crippen LogP contribution in [-0.2, 0) is 0 Å². The molecule has 7 aromatic carbocycles. The topological polar surface area (TPSA) is 26.9 Å². The Bertz CT molecular complexity index is 2270. The maximum Gasteiger partial charge on any atom is 0.338 e. The molecule has 0 N–H and O–H groups in total. The lowest BCUT2D eigenvalue weighted by Crippen LogP contribution is -2.22. The molecule has 40 heavy (non-hydrogen) atoms. The highest BCUT2D eigenvalue weighted by molar-refractivity contribution is 6.20. The van der Waals surface area contributed by atoms with Crippen molar-refractivity contribution < 1.29 is 0 Å². The molecule has 0 bridgehead atoms. The Morgan fingerprint density at radius 1 is 0.400 bits per heavy atom. The van der Waals surface area contributed by atoms with Gasteiger partial charge in [0.2, 0.25) is 0 Å². The Balaban J connectivity index is 1.35.